The fraction of sp³-hybridized carbons (Fsp3) is 0.842. The molecule has 0 saturated carbocycles. The van der Waals surface area contributed by atoms with Gasteiger partial charge in [-0.2, -0.15) is 0 Å². The fourth-order valence-corrected chi connectivity index (χ4v) is 2.62. The van der Waals surface area contributed by atoms with Crippen molar-refractivity contribution >= 4 is 5.96 Å². The zero-order valence-corrected chi connectivity index (χ0v) is 17.2. The molecule has 0 aliphatic heterocycles. The van der Waals surface area contributed by atoms with E-state index in [1.54, 1.807) is 7.11 Å². The van der Waals surface area contributed by atoms with E-state index in [1.807, 2.05) is 18.5 Å². The molecule has 2 N–H and O–H groups in total. The maximum absolute atomic E-state index is 5.10. The minimum atomic E-state index is 0.522. The lowest BCUT2D eigenvalue weighted by Gasteiger charge is -2.12. The quantitative estimate of drug-likeness (QED) is 0.301. The average molecular weight is 367 g/mol. The molecule has 7 heteroatoms. The van der Waals surface area contributed by atoms with E-state index in [0.717, 1.165) is 43.7 Å². The minimum Gasteiger partial charge on any atom is -0.385 e. The Morgan fingerprint density at radius 2 is 1.65 bits per heavy atom. The van der Waals surface area contributed by atoms with Gasteiger partial charge in [0.05, 0.1) is 0 Å². The highest BCUT2D eigenvalue weighted by molar-refractivity contribution is 5.79. The smallest absolute Gasteiger partial charge is 0.191 e. The Morgan fingerprint density at radius 3 is 2.27 bits per heavy atom. The summed E-state index contributed by atoms with van der Waals surface area (Å²) in [7, 11) is 3.70. The monoisotopic (exact) mass is 366 g/mol. The number of unbranched alkanes of at least 4 members (excludes halogenated alkanes) is 6. The molecule has 0 fully saturated rings. The van der Waals surface area contributed by atoms with E-state index in [-0.39, 0.29) is 0 Å². The summed E-state index contributed by atoms with van der Waals surface area (Å²) in [6, 6.07) is 0. The van der Waals surface area contributed by atoms with Crippen LogP contribution in [-0.4, -0.2) is 47.5 Å². The second-order valence-electron chi connectivity index (χ2n) is 6.71. The molecule has 1 heterocycles. The molecule has 0 radical (unpaired) electrons. The third-order valence-corrected chi connectivity index (χ3v) is 4.45. The average Bonchev–Trinajstić information content (AvgIpc) is 2.96. The van der Waals surface area contributed by atoms with Gasteiger partial charge in [0.2, 0.25) is 0 Å². The van der Waals surface area contributed by atoms with Gasteiger partial charge in [0.1, 0.15) is 12.4 Å². The highest BCUT2D eigenvalue weighted by atomic mass is 16.5. The molecule has 150 valence electrons. The van der Waals surface area contributed by atoms with Crippen LogP contribution in [0, 0.1) is 6.92 Å². The second kappa shape index (κ2) is 14.5. The molecule has 0 spiro atoms. The van der Waals surface area contributed by atoms with E-state index in [1.165, 1.54) is 44.9 Å². The van der Waals surface area contributed by atoms with Crippen LogP contribution in [0.15, 0.2) is 4.99 Å². The first-order chi connectivity index (χ1) is 12.7. The Hall–Kier alpha value is -1.63. The number of aryl methyl sites for hydroxylation is 1. The van der Waals surface area contributed by atoms with Gasteiger partial charge in [-0.15, -0.1) is 10.2 Å². The van der Waals surface area contributed by atoms with E-state index in [2.05, 4.69) is 32.7 Å². The van der Waals surface area contributed by atoms with Crippen molar-refractivity contribution in [3.05, 3.63) is 11.6 Å². The molecular weight excluding hydrogens is 328 g/mol. The van der Waals surface area contributed by atoms with Crippen LogP contribution in [0.2, 0.25) is 0 Å². The standard InChI is InChI=1S/C19H38N6O/c1-5-6-7-8-9-10-11-13-20-19(21-14-12-15-26-4)22-16-18-24-23-17(2)25(18)3/h5-16H2,1-4H3,(H2,20,21,22). The molecule has 1 aromatic rings. The summed E-state index contributed by atoms with van der Waals surface area (Å²) in [6.45, 7) is 7.26. The number of ether oxygens (including phenoxy) is 1. The van der Waals surface area contributed by atoms with E-state index in [0.29, 0.717) is 6.54 Å². The van der Waals surface area contributed by atoms with Crippen molar-refractivity contribution in [2.24, 2.45) is 12.0 Å². The van der Waals surface area contributed by atoms with Gasteiger partial charge in [-0.1, -0.05) is 45.4 Å². The predicted octanol–water partition coefficient (Wildman–Crippen LogP) is 2.95. The van der Waals surface area contributed by atoms with Crippen molar-refractivity contribution in [1.29, 1.82) is 0 Å². The summed E-state index contributed by atoms with van der Waals surface area (Å²) in [6.07, 6.45) is 10.1. The van der Waals surface area contributed by atoms with Crippen molar-refractivity contribution in [2.75, 3.05) is 26.8 Å². The number of aliphatic imine (C=N–C) groups is 1. The van der Waals surface area contributed by atoms with Crippen LogP contribution < -0.4 is 10.6 Å². The number of methoxy groups -OCH3 is 1. The summed E-state index contributed by atoms with van der Waals surface area (Å²) < 4.78 is 7.08. The van der Waals surface area contributed by atoms with Gasteiger partial charge in [-0.05, 0) is 19.8 Å². The Kier molecular flexibility index (Phi) is 12.5. The van der Waals surface area contributed by atoms with Crippen LogP contribution in [0.4, 0.5) is 0 Å². The highest BCUT2D eigenvalue weighted by Crippen LogP contribution is 2.06. The molecule has 0 aromatic carbocycles. The third-order valence-electron chi connectivity index (χ3n) is 4.45. The third kappa shape index (κ3) is 9.75. The van der Waals surface area contributed by atoms with Gasteiger partial charge in [0, 0.05) is 33.9 Å². The zero-order valence-electron chi connectivity index (χ0n) is 17.2. The second-order valence-corrected chi connectivity index (χ2v) is 6.71. The maximum atomic E-state index is 5.10. The molecule has 0 amide bonds. The van der Waals surface area contributed by atoms with Crippen LogP contribution in [0.1, 0.15) is 69.9 Å². The topological polar surface area (TPSA) is 76.4 Å². The summed E-state index contributed by atoms with van der Waals surface area (Å²) in [4.78, 5) is 4.65. The van der Waals surface area contributed by atoms with Crippen LogP contribution in [0.3, 0.4) is 0 Å². The lowest BCUT2D eigenvalue weighted by Crippen LogP contribution is -2.38. The molecular formula is C19H38N6O. The number of nitrogens with zero attached hydrogens (tertiary/aromatic N) is 4. The van der Waals surface area contributed by atoms with Gasteiger partial charge in [-0.25, -0.2) is 4.99 Å². The Balaban J connectivity index is 2.35. The number of rotatable bonds is 14. The van der Waals surface area contributed by atoms with Crippen molar-refractivity contribution < 1.29 is 4.74 Å². The number of guanidine groups is 1. The van der Waals surface area contributed by atoms with Gasteiger partial charge >= 0.3 is 0 Å². The first-order valence-electron chi connectivity index (χ1n) is 10.0. The molecule has 0 aliphatic rings. The fourth-order valence-electron chi connectivity index (χ4n) is 2.62. The van der Waals surface area contributed by atoms with Crippen molar-refractivity contribution in [1.82, 2.24) is 25.4 Å². The normalized spacial score (nSPS) is 11.8. The van der Waals surface area contributed by atoms with Crippen molar-refractivity contribution in [3.63, 3.8) is 0 Å². The molecule has 26 heavy (non-hydrogen) atoms. The van der Waals surface area contributed by atoms with Crippen LogP contribution in [0.5, 0.6) is 0 Å². The first-order valence-corrected chi connectivity index (χ1v) is 10.0. The summed E-state index contributed by atoms with van der Waals surface area (Å²) in [5.41, 5.74) is 0. The first kappa shape index (κ1) is 22.4. The lowest BCUT2D eigenvalue weighted by atomic mass is 10.1. The molecule has 0 aliphatic carbocycles. The van der Waals surface area contributed by atoms with E-state index >= 15 is 0 Å². The summed E-state index contributed by atoms with van der Waals surface area (Å²) in [5.74, 6) is 2.62. The van der Waals surface area contributed by atoms with Gasteiger partial charge < -0.3 is 19.9 Å². The largest absolute Gasteiger partial charge is 0.385 e. The van der Waals surface area contributed by atoms with Gasteiger partial charge in [0.15, 0.2) is 11.8 Å². The minimum absolute atomic E-state index is 0.522. The zero-order chi connectivity index (χ0) is 19.0. The van der Waals surface area contributed by atoms with Crippen molar-refractivity contribution in [3.8, 4) is 0 Å². The van der Waals surface area contributed by atoms with E-state index in [9.17, 15) is 0 Å². The van der Waals surface area contributed by atoms with Crippen LogP contribution in [0.25, 0.3) is 0 Å². The number of hydrogen-bond acceptors (Lipinski definition) is 4. The molecule has 0 saturated heterocycles. The SMILES string of the molecule is CCCCCCCCCNC(=NCc1nnc(C)n1C)NCCCOC. The summed E-state index contributed by atoms with van der Waals surface area (Å²) in [5, 5.41) is 15.1. The van der Waals surface area contributed by atoms with Crippen LogP contribution in [-0.2, 0) is 18.3 Å². The molecule has 0 unspecified atom stereocenters. The molecule has 7 nitrogen and oxygen atoms in total. The Bertz CT molecular complexity index is 500. The van der Waals surface area contributed by atoms with Crippen LogP contribution >= 0.6 is 0 Å². The van der Waals surface area contributed by atoms with Gasteiger partial charge in [-0.3, -0.25) is 0 Å². The van der Waals surface area contributed by atoms with Crippen molar-refractivity contribution in [2.45, 2.75) is 71.8 Å². The maximum Gasteiger partial charge on any atom is 0.191 e. The molecule has 1 rings (SSSR count). The predicted molar refractivity (Wildman–Crippen MR) is 107 cm³/mol. The number of nitrogens with one attached hydrogen (secondary N) is 2. The lowest BCUT2D eigenvalue weighted by molar-refractivity contribution is 0.195. The van der Waals surface area contributed by atoms with Gasteiger partial charge in [0.25, 0.3) is 0 Å². The summed E-state index contributed by atoms with van der Waals surface area (Å²) >= 11 is 0. The Morgan fingerprint density at radius 1 is 1.00 bits per heavy atom. The number of aromatic nitrogens is 3. The highest BCUT2D eigenvalue weighted by Gasteiger charge is 2.05. The molecule has 1 aromatic heterocycles. The molecule has 0 bridgehead atoms. The number of hydrogen-bond donors (Lipinski definition) is 2. The van der Waals surface area contributed by atoms with E-state index < -0.39 is 0 Å². The Labute approximate surface area is 159 Å². The van der Waals surface area contributed by atoms with E-state index in [4.69, 9.17) is 4.74 Å². The molecule has 0 atom stereocenters.